The van der Waals surface area contributed by atoms with E-state index in [0.717, 1.165) is 15.0 Å². The number of aromatic nitrogens is 3. The summed E-state index contributed by atoms with van der Waals surface area (Å²) in [7, 11) is 0. The summed E-state index contributed by atoms with van der Waals surface area (Å²) in [5, 5.41) is 11.5. The van der Waals surface area contributed by atoms with Crippen molar-refractivity contribution < 1.29 is 4.39 Å². The zero-order valence-corrected chi connectivity index (χ0v) is 13.3. The zero-order chi connectivity index (χ0) is 14.0. The number of halogens is 2. The molecule has 0 radical (unpaired) electrons. The van der Waals surface area contributed by atoms with Gasteiger partial charge in [-0.3, -0.25) is 0 Å². The predicted octanol–water partition coefficient (Wildman–Crippen LogP) is 2.90. The fourth-order valence-electron chi connectivity index (χ4n) is 1.52. The van der Waals surface area contributed by atoms with Crippen LogP contribution in [0.25, 0.3) is 5.69 Å². The first-order valence-corrected chi connectivity index (χ1v) is 7.05. The summed E-state index contributed by atoms with van der Waals surface area (Å²) in [4.78, 5) is 0. The van der Waals surface area contributed by atoms with Crippen LogP contribution in [0.2, 0.25) is 0 Å². The molecule has 0 atom stereocenters. The maximum absolute atomic E-state index is 13.1. The molecule has 0 saturated heterocycles. The fourth-order valence-corrected chi connectivity index (χ4v) is 2.24. The highest BCUT2D eigenvalue weighted by Gasteiger charge is 2.11. The smallest absolute Gasteiger partial charge is 0.124 e. The van der Waals surface area contributed by atoms with E-state index in [-0.39, 0.29) is 11.4 Å². The van der Waals surface area contributed by atoms with Crippen LogP contribution in [-0.4, -0.2) is 20.5 Å². The van der Waals surface area contributed by atoms with Crippen molar-refractivity contribution in [3.8, 4) is 5.69 Å². The maximum Gasteiger partial charge on any atom is 0.124 e. The highest BCUT2D eigenvalue weighted by Crippen LogP contribution is 2.17. The average molecular weight is 374 g/mol. The third-order valence-electron chi connectivity index (χ3n) is 2.50. The Labute approximate surface area is 125 Å². The predicted molar refractivity (Wildman–Crippen MR) is 80.6 cm³/mol. The van der Waals surface area contributed by atoms with E-state index in [1.54, 1.807) is 10.7 Å². The van der Waals surface area contributed by atoms with Crippen LogP contribution in [0.3, 0.4) is 0 Å². The van der Waals surface area contributed by atoms with Gasteiger partial charge in [-0.05, 0) is 61.6 Å². The van der Waals surface area contributed by atoms with Crippen molar-refractivity contribution in [2.45, 2.75) is 32.9 Å². The SMILES string of the molecule is CC(C)(C)NCc1cn(-c2ccc(F)cc2I)nn1. The van der Waals surface area contributed by atoms with Crippen molar-refractivity contribution in [2.24, 2.45) is 0 Å². The molecule has 4 nitrogen and oxygen atoms in total. The fraction of sp³-hybridized carbons (Fsp3) is 0.385. The zero-order valence-electron chi connectivity index (χ0n) is 11.1. The second-order valence-corrected chi connectivity index (χ2v) is 6.52. The lowest BCUT2D eigenvalue weighted by molar-refractivity contribution is 0.421. The van der Waals surface area contributed by atoms with E-state index in [2.05, 4.69) is 59.0 Å². The Balaban J connectivity index is 2.16. The monoisotopic (exact) mass is 374 g/mol. The number of rotatable bonds is 3. The molecule has 0 spiro atoms. The molecule has 0 amide bonds. The topological polar surface area (TPSA) is 42.7 Å². The molecule has 1 heterocycles. The molecule has 2 aromatic rings. The Morgan fingerprint density at radius 1 is 1.37 bits per heavy atom. The van der Waals surface area contributed by atoms with Crippen LogP contribution in [0.5, 0.6) is 0 Å². The van der Waals surface area contributed by atoms with Gasteiger partial charge < -0.3 is 5.32 Å². The van der Waals surface area contributed by atoms with Crippen LogP contribution in [0, 0.1) is 9.39 Å². The molecule has 6 heteroatoms. The average Bonchev–Trinajstić information content (AvgIpc) is 2.74. The molecule has 2 rings (SSSR count). The molecular weight excluding hydrogens is 358 g/mol. The van der Waals surface area contributed by atoms with E-state index in [0.29, 0.717) is 6.54 Å². The minimum Gasteiger partial charge on any atom is -0.306 e. The molecule has 1 aromatic heterocycles. The van der Waals surface area contributed by atoms with E-state index in [1.165, 1.54) is 12.1 Å². The van der Waals surface area contributed by atoms with Gasteiger partial charge in [-0.1, -0.05) is 5.21 Å². The van der Waals surface area contributed by atoms with Crippen molar-refractivity contribution in [1.82, 2.24) is 20.3 Å². The van der Waals surface area contributed by atoms with E-state index in [9.17, 15) is 4.39 Å². The molecule has 0 unspecified atom stereocenters. The lowest BCUT2D eigenvalue weighted by Gasteiger charge is -2.19. The largest absolute Gasteiger partial charge is 0.306 e. The van der Waals surface area contributed by atoms with Gasteiger partial charge in [0.2, 0.25) is 0 Å². The number of nitrogens with zero attached hydrogens (tertiary/aromatic N) is 3. The number of hydrogen-bond acceptors (Lipinski definition) is 3. The van der Waals surface area contributed by atoms with E-state index < -0.39 is 0 Å². The van der Waals surface area contributed by atoms with Gasteiger partial charge in [0, 0.05) is 15.7 Å². The third kappa shape index (κ3) is 3.97. The van der Waals surface area contributed by atoms with Crippen LogP contribution in [0.15, 0.2) is 24.4 Å². The molecule has 0 aliphatic carbocycles. The van der Waals surface area contributed by atoms with Crippen molar-refractivity contribution in [1.29, 1.82) is 0 Å². The molecule has 0 fully saturated rings. The minimum absolute atomic E-state index is 0.0358. The first-order chi connectivity index (χ1) is 8.85. The molecule has 0 bridgehead atoms. The van der Waals surface area contributed by atoms with Gasteiger partial charge in [0.25, 0.3) is 0 Å². The Kier molecular flexibility index (Phi) is 4.19. The van der Waals surface area contributed by atoms with Gasteiger partial charge in [-0.25, -0.2) is 9.07 Å². The van der Waals surface area contributed by atoms with Crippen molar-refractivity contribution >= 4 is 22.6 Å². The molecule has 0 saturated carbocycles. The Morgan fingerprint density at radius 3 is 2.74 bits per heavy atom. The summed E-state index contributed by atoms with van der Waals surface area (Å²) in [6.07, 6.45) is 1.86. The second kappa shape index (κ2) is 5.54. The van der Waals surface area contributed by atoms with Gasteiger partial charge in [-0.2, -0.15) is 0 Å². The Hall–Kier alpha value is -1.02. The summed E-state index contributed by atoms with van der Waals surface area (Å²) in [5.74, 6) is -0.247. The number of nitrogens with one attached hydrogen (secondary N) is 1. The van der Waals surface area contributed by atoms with Gasteiger partial charge in [0.15, 0.2) is 0 Å². The molecular formula is C13H16FIN4. The molecule has 19 heavy (non-hydrogen) atoms. The van der Waals surface area contributed by atoms with Gasteiger partial charge in [-0.15, -0.1) is 5.10 Å². The summed E-state index contributed by atoms with van der Waals surface area (Å²) in [5.41, 5.74) is 1.72. The summed E-state index contributed by atoms with van der Waals surface area (Å²) >= 11 is 2.09. The van der Waals surface area contributed by atoms with Gasteiger partial charge in [0.05, 0.1) is 17.6 Å². The first kappa shape index (κ1) is 14.4. The Morgan fingerprint density at radius 2 is 2.11 bits per heavy atom. The van der Waals surface area contributed by atoms with E-state index in [4.69, 9.17) is 0 Å². The maximum atomic E-state index is 13.1. The standard InChI is InChI=1S/C13H16FIN4/c1-13(2,3)16-7-10-8-19(18-17-10)12-5-4-9(14)6-11(12)15/h4-6,8,16H,7H2,1-3H3. The van der Waals surface area contributed by atoms with Crippen LogP contribution >= 0.6 is 22.6 Å². The highest BCUT2D eigenvalue weighted by molar-refractivity contribution is 14.1. The van der Waals surface area contributed by atoms with Crippen LogP contribution in [0.1, 0.15) is 26.5 Å². The van der Waals surface area contributed by atoms with Crippen LogP contribution in [0.4, 0.5) is 4.39 Å². The summed E-state index contributed by atoms with van der Waals surface area (Å²) in [6, 6.07) is 4.60. The minimum atomic E-state index is -0.247. The number of benzene rings is 1. The summed E-state index contributed by atoms with van der Waals surface area (Å²) in [6.45, 7) is 6.95. The van der Waals surface area contributed by atoms with Crippen molar-refractivity contribution in [3.63, 3.8) is 0 Å². The third-order valence-corrected chi connectivity index (χ3v) is 3.36. The van der Waals surface area contributed by atoms with Gasteiger partial charge in [0.1, 0.15) is 5.82 Å². The molecule has 102 valence electrons. The van der Waals surface area contributed by atoms with Gasteiger partial charge >= 0.3 is 0 Å². The molecule has 1 N–H and O–H groups in total. The quantitative estimate of drug-likeness (QED) is 0.841. The van der Waals surface area contributed by atoms with Crippen LogP contribution < -0.4 is 5.32 Å². The molecule has 0 aliphatic rings. The van der Waals surface area contributed by atoms with Crippen LogP contribution in [-0.2, 0) is 6.54 Å². The normalized spacial score (nSPS) is 11.8. The van der Waals surface area contributed by atoms with Crippen molar-refractivity contribution in [3.05, 3.63) is 39.5 Å². The van der Waals surface area contributed by atoms with E-state index in [1.807, 2.05) is 6.20 Å². The number of hydrogen-bond donors (Lipinski definition) is 1. The highest BCUT2D eigenvalue weighted by atomic mass is 127. The summed E-state index contributed by atoms with van der Waals surface area (Å²) < 4.78 is 15.5. The molecule has 1 aromatic carbocycles. The molecule has 0 aliphatic heterocycles. The second-order valence-electron chi connectivity index (χ2n) is 5.35. The lowest BCUT2D eigenvalue weighted by atomic mass is 10.1. The van der Waals surface area contributed by atoms with Crippen molar-refractivity contribution in [2.75, 3.05) is 0 Å². The lowest BCUT2D eigenvalue weighted by Crippen LogP contribution is -2.35. The first-order valence-electron chi connectivity index (χ1n) is 5.97. The Bertz CT molecular complexity index is 574. The van der Waals surface area contributed by atoms with E-state index >= 15 is 0 Å².